The number of anilines is 1. The van der Waals surface area contributed by atoms with Crippen molar-refractivity contribution in [2.45, 2.75) is 13.0 Å². The lowest BCUT2D eigenvalue weighted by molar-refractivity contribution is -0.136. The van der Waals surface area contributed by atoms with E-state index in [0.717, 1.165) is 11.1 Å². The number of aliphatic carboxylic acids is 1. The summed E-state index contributed by atoms with van der Waals surface area (Å²) in [6.07, 6.45) is 1.27. The molecule has 7 heteroatoms. The van der Waals surface area contributed by atoms with Crippen molar-refractivity contribution in [3.8, 4) is 11.4 Å². The molecule has 3 rings (SSSR count). The van der Waals surface area contributed by atoms with E-state index in [1.54, 1.807) is 24.3 Å². The molecule has 0 atom stereocenters. The zero-order valence-electron chi connectivity index (χ0n) is 13.9. The quantitative estimate of drug-likeness (QED) is 0.544. The third kappa shape index (κ3) is 3.96. The third-order valence-corrected chi connectivity index (χ3v) is 3.86. The van der Waals surface area contributed by atoms with Crippen LogP contribution in [0.2, 0.25) is 0 Å². The maximum Gasteiger partial charge on any atom is 0.307 e. The van der Waals surface area contributed by atoms with E-state index < -0.39 is 11.9 Å². The maximum atomic E-state index is 12.5. The molecule has 0 aliphatic heterocycles. The Balaban J connectivity index is 1.80. The van der Waals surface area contributed by atoms with Crippen LogP contribution >= 0.6 is 0 Å². The minimum absolute atomic E-state index is 0.170. The van der Waals surface area contributed by atoms with E-state index in [0.29, 0.717) is 23.6 Å². The molecule has 0 saturated heterocycles. The topological polar surface area (TPSA) is 121 Å². The first-order chi connectivity index (χ1) is 12.6. The lowest BCUT2D eigenvalue weighted by Crippen LogP contribution is -2.14. The highest BCUT2D eigenvalue weighted by atomic mass is 16.4. The average molecular weight is 350 g/mol. The number of aromatic amines is 1. The standard InChI is InChI=1S/C19H18N4O3/c20-10-12-4-3-6-14(8-12)18-21-11-16(22-18)19(26)23-15-7-2-1-5-13(15)9-17(24)25/h1-8,11H,9-10,20H2,(H,21,22)(H,23,26)(H,24,25). The summed E-state index contributed by atoms with van der Waals surface area (Å²) in [4.78, 5) is 30.6. The highest BCUT2D eigenvalue weighted by Gasteiger charge is 2.14. The van der Waals surface area contributed by atoms with Crippen molar-refractivity contribution < 1.29 is 14.7 Å². The Bertz CT molecular complexity index is 949. The number of amides is 1. The average Bonchev–Trinajstić information content (AvgIpc) is 3.13. The van der Waals surface area contributed by atoms with Gasteiger partial charge in [0.05, 0.1) is 12.6 Å². The molecule has 2 aromatic carbocycles. The minimum Gasteiger partial charge on any atom is -0.481 e. The van der Waals surface area contributed by atoms with Gasteiger partial charge in [0, 0.05) is 17.8 Å². The van der Waals surface area contributed by atoms with E-state index in [2.05, 4.69) is 15.3 Å². The Labute approximate surface area is 149 Å². The van der Waals surface area contributed by atoms with Gasteiger partial charge >= 0.3 is 5.97 Å². The van der Waals surface area contributed by atoms with Crippen LogP contribution in [0.5, 0.6) is 0 Å². The molecule has 0 saturated carbocycles. The number of carbonyl (C=O) groups is 2. The molecule has 0 aliphatic carbocycles. The van der Waals surface area contributed by atoms with E-state index >= 15 is 0 Å². The lowest BCUT2D eigenvalue weighted by Gasteiger charge is -2.08. The van der Waals surface area contributed by atoms with Gasteiger partial charge in [0.15, 0.2) is 0 Å². The second-order valence-electron chi connectivity index (χ2n) is 5.73. The first kappa shape index (κ1) is 17.4. The van der Waals surface area contributed by atoms with Crippen LogP contribution in [-0.4, -0.2) is 27.0 Å². The number of benzene rings is 2. The smallest absolute Gasteiger partial charge is 0.307 e. The fourth-order valence-electron chi connectivity index (χ4n) is 2.58. The summed E-state index contributed by atoms with van der Waals surface area (Å²) in [5.74, 6) is -0.795. The fraction of sp³-hybridized carbons (Fsp3) is 0.105. The van der Waals surface area contributed by atoms with Gasteiger partial charge in [0.1, 0.15) is 11.5 Å². The van der Waals surface area contributed by atoms with Crippen LogP contribution < -0.4 is 11.1 Å². The number of carbonyl (C=O) groups excluding carboxylic acids is 1. The van der Waals surface area contributed by atoms with E-state index in [1.807, 2.05) is 24.3 Å². The van der Waals surface area contributed by atoms with Gasteiger partial charge in [-0.2, -0.15) is 0 Å². The van der Waals surface area contributed by atoms with Crippen LogP contribution in [-0.2, 0) is 17.8 Å². The first-order valence-corrected chi connectivity index (χ1v) is 8.02. The SMILES string of the molecule is NCc1cccc(-c2ncc(C(=O)Nc3ccccc3CC(=O)O)[nH]2)c1. The summed E-state index contributed by atoms with van der Waals surface area (Å²) in [7, 11) is 0. The van der Waals surface area contributed by atoms with E-state index in [4.69, 9.17) is 10.8 Å². The number of aromatic nitrogens is 2. The zero-order chi connectivity index (χ0) is 18.5. The van der Waals surface area contributed by atoms with Gasteiger partial charge in [0.2, 0.25) is 0 Å². The molecule has 0 bridgehead atoms. The number of H-pyrrole nitrogens is 1. The number of carboxylic acids is 1. The Morgan fingerprint density at radius 3 is 2.73 bits per heavy atom. The summed E-state index contributed by atoms with van der Waals surface area (Å²) in [6.45, 7) is 0.419. The number of hydrogen-bond donors (Lipinski definition) is 4. The highest BCUT2D eigenvalue weighted by molar-refractivity contribution is 6.03. The zero-order valence-corrected chi connectivity index (χ0v) is 13.9. The van der Waals surface area contributed by atoms with Crippen LogP contribution in [0, 0.1) is 0 Å². The Hall–Kier alpha value is -3.45. The van der Waals surface area contributed by atoms with E-state index in [9.17, 15) is 9.59 Å². The Morgan fingerprint density at radius 2 is 1.96 bits per heavy atom. The molecule has 0 radical (unpaired) electrons. The van der Waals surface area contributed by atoms with E-state index in [-0.39, 0.29) is 12.1 Å². The van der Waals surface area contributed by atoms with E-state index in [1.165, 1.54) is 6.20 Å². The lowest BCUT2D eigenvalue weighted by atomic mass is 10.1. The molecule has 0 fully saturated rings. The molecule has 7 nitrogen and oxygen atoms in total. The molecular weight excluding hydrogens is 332 g/mol. The second-order valence-corrected chi connectivity index (χ2v) is 5.73. The predicted molar refractivity (Wildman–Crippen MR) is 97.7 cm³/mol. The molecule has 3 aromatic rings. The number of nitrogens with zero attached hydrogens (tertiary/aromatic N) is 1. The van der Waals surface area contributed by atoms with Gasteiger partial charge in [-0.3, -0.25) is 9.59 Å². The summed E-state index contributed by atoms with van der Waals surface area (Å²) >= 11 is 0. The molecule has 5 N–H and O–H groups in total. The van der Waals surface area contributed by atoms with Crippen molar-refractivity contribution in [2.75, 3.05) is 5.32 Å². The van der Waals surface area contributed by atoms with Crippen molar-refractivity contribution in [2.24, 2.45) is 5.73 Å². The summed E-state index contributed by atoms with van der Waals surface area (Å²) < 4.78 is 0. The summed E-state index contributed by atoms with van der Waals surface area (Å²) in [6, 6.07) is 14.4. The third-order valence-electron chi connectivity index (χ3n) is 3.86. The number of nitrogens with two attached hydrogens (primary N) is 1. The Kier molecular flexibility index (Phi) is 5.09. The van der Waals surface area contributed by atoms with Crippen LogP contribution in [0.15, 0.2) is 54.7 Å². The molecule has 1 aromatic heterocycles. The number of imidazole rings is 1. The van der Waals surface area contributed by atoms with Crippen LogP contribution in [0.3, 0.4) is 0 Å². The fourth-order valence-corrected chi connectivity index (χ4v) is 2.58. The van der Waals surface area contributed by atoms with Gasteiger partial charge in [0.25, 0.3) is 5.91 Å². The maximum absolute atomic E-state index is 12.5. The van der Waals surface area contributed by atoms with Gasteiger partial charge in [-0.05, 0) is 23.3 Å². The van der Waals surface area contributed by atoms with Crippen LogP contribution in [0.25, 0.3) is 11.4 Å². The Morgan fingerprint density at radius 1 is 1.15 bits per heavy atom. The molecule has 0 unspecified atom stereocenters. The molecule has 0 spiro atoms. The summed E-state index contributed by atoms with van der Waals surface area (Å²) in [5.41, 5.74) is 8.72. The molecule has 1 heterocycles. The minimum atomic E-state index is -0.963. The van der Waals surface area contributed by atoms with Crippen molar-refractivity contribution in [1.29, 1.82) is 0 Å². The van der Waals surface area contributed by atoms with Gasteiger partial charge in [-0.15, -0.1) is 0 Å². The van der Waals surface area contributed by atoms with Crippen molar-refractivity contribution in [3.63, 3.8) is 0 Å². The highest BCUT2D eigenvalue weighted by Crippen LogP contribution is 2.19. The van der Waals surface area contributed by atoms with Gasteiger partial charge in [-0.1, -0.05) is 36.4 Å². The predicted octanol–water partition coefficient (Wildman–Crippen LogP) is 2.41. The summed E-state index contributed by atoms with van der Waals surface area (Å²) in [5, 5.41) is 11.7. The largest absolute Gasteiger partial charge is 0.481 e. The van der Waals surface area contributed by atoms with Crippen LogP contribution in [0.1, 0.15) is 21.6 Å². The molecule has 132 valence electrons. The van der Waals surface area contributed by atoms with Gasteiger partial charge in [-0.25, -0.2) is 4.98 Å². The number of nitrogens with one attached hydrogen (secondary N) is 2. The van der Waals surface area contributed by atoms with Crippen molar-refractivity contribution >= 4 is 17.6 Å². The first-order valence-electron chi connectivity index (χ1n) is 8.02. The molecule has 26 heavy (non-hydrogen) atoms. The second kappa shape index (κ2) is 7.62. The molecular formula is C19H18N4O3. The number of hydrogen-bond acceptors (Lipinski definition) is 4. The van der Waals surface area contributed by atoms with Crippen molar-refractivity contribution in [3.05, 3.63) is 71.5 Å². The number of carboxylic acid groups (broad SMARTS) is 1. The normalized spacial score (nSPS) is 10.5. The van der Waals surface area contributed by atoms with Crippen molar-refractivity contribution in [1.82, 2.24) is 9.97 Å². The number of para-hydroxylation sites is 1. The van der Waals surface area contributed by atoms with Gasteiger partial charge < -0.3 is 21.1 Å². The number of rotatable bonds is 6. The molecule has 0 aliphatic rings. The monoisotopic (exact) mass is 350 g/mol. The van der Waals surface area contributed by atoms with Crippen LogP contribution in [0.4, 0.5) is 5.69 Å². The molecule has 1 amide bonds.